The molecule has 0 aliphatic rings. The highest BCUT2D eigenvalue weighted by molar-refractivity contribution is 5.15. The molecule has 0 bridgehead atoms. The molecule has 1 unspecified atom stereocenters. The number of hydrogen-bond acceptors (Lipinski definition) is 2. The summed E-state index contributed by atoms with van der Waals surface area (Å²) in [6.07, 6.45) is 6.11. The lowest BCUT2D eigenvalue weighted by atomic mass is 10.1. The van der Waals surface area contributed by atoms with Crippen LogP contribution in [0.3, 0.4) is 0 Å². The number of aryl methyl sites for hydroxylation is 1. The lowest BCUT2D eigenvalue weighted by Crippen LogP contribution is -2.20. The van der Waals surface area contributed by atoms with Crippen LogP contribution in [-0.2, 0) is 6.54 Å². The summed E-state index contributed by atoms with van der Waals surface area (Å²) < 4.78 is 2.15. The van der Waals surface area contributed by atoms with Crippen LogP contribution < -0.4 is 5.32 Å². The Kier molecular flexibility index (Phi) is 4.56. The van der Waals surface area contributed by atoms with Gasteiger partial charge in [-0.25, -0.2) is 0 Å². The van der Waals surface area contributed by atoms with E-state index in [9.17, 15) is 5.11 Å². The Morgan fingerprint density at radius 2 is 2.19 bits per heavy atom. The highest BCUT2D eigenvalue weighted by Crippen LogP contribution is 2.17. The van der Waals surface area contributed by atoms with Crippen LogP contribution >= 0.6 is 0 Å². The first kappa shape index (κ1) is 13.3. The predicted octanol–water partition coefficient (Wildman–Crippen LogP) is 2.32. The van der Waals surface area contributed by atoms with Crippen LogP contribution in [0, 0.1) is 0 Å². The van der Waals surface area contributed by atoms with Gasteiger partial charge in [-0.15, -0.1) is 0 Å². The molecule has 1 atom stereocenters. The average molecular weight is 224 g/mol. The minimum atomic E-state index is -0.586. The van der Waals surface area contributed by atoms with E-state index < -0.39 is 5.60 Å². The molecule has 3 heteroatoms. The molecule has 0 spiro atoms. The summed E-state index contributed by atoms with van der Waals surface area (Å²) in [4.78, 5) is 0. The summed E-state index contributed by atoms with van der Waals surface area (Å²) in [5, 5.41) is 13.0. The van der Waals surface area contributed by atoms with Gasteiger partial charge in [0.15, 0.2) is 0 Å². The van der Waals surface area contributed by atoms with Gasteiger partial charge in [-0.2, -0.15) is 0 Å². The molecule has 0 fully saturated rings. The number of nitrogens with one attached hydrogen (secondary N) is 1. The van der Waals surface area contributed by atoms with Gasteiger partial charge in [-0.05, 0) is 45.4 Å². The molecule has 0 aliphatic carbocycles. The second-order valence-electron chi connectivity index (χ2n) is 4.99. The van der Waals surface area contributed by atoms with Crippen molar-refractivity contribution in [1.29, 1.82) is 0 Å². The molecule has 1 heterocycles. The van der Waals surface area contributed by atoms with Crippen molar-refractivity contribution in [1.82, 2.24) is 9.88 Å². The van der Waals surface area contributed by atoms with Crippen molar-refractivity contribution in [3.8, 4) is 0 Å². The summed E-state index contributed by atoms with van der Waals surface area (Å²) in [7, 11) is 1.99. The van der Waals surface area contributed by atoms with Gasteiger partial charge in [0.1, 0.15) is 0 Å². The molecule has 1 aromatic heterocycles. The van der Waals surface area contributed by atoms with Gasteiger partial charge in [-0.3, -0.25) is 0 Å². The first-order valence-corrected chi connectivity index (χ1v) is 6.01. The van der Waals surface area contributed by atoms with Gasteiger partial charge < -0.3 is 15.0 Å². The first-order valence-electron chi connectivity index (χ1n) is 6.01. The maximum absolute atomic E-state index is 9.66. The van der Waals surface area contributed by atoms with Crippen molar-refractivity contribution >= 4 is 0 Å². The zero-order valence-corrected chi connectivity index (χ0v) is 10.8. The molecule has 1 rings (SSSR count). The Morgan fingerprint density at radius 1 is 1.50 bits per heavy atom. The Balaban J connectivity index is 2.58. The van der Waals surface area contributed by atoms with E-state index in [2.05, 4.69) is 35.3 Å². The molecule has 0 saturated heterocycles. The molecule has 1 aromatic rings. The highest BCUT2D eigenvalue weighted by Gasteiger charge is 2.13. The SMILES string of the molecule is CCC(NC)c1ccn(CCC(C)(C)O)c1. The molecule has 2 N–H and O–H groups in total. The molecule has 16 heavy (non-hydrogen) atoms. The third-order valence-electron chi connectivity index (χ3n) is 2.91. The predicted molar refractivity (Wildman–Crippen MR) is 67.4 cm³/mol. The molecule has 0 aliphatic heterocycles. The summed E-state index contributed by atoms with van der Waals surface area (Å²) in [5.74, 6) is 0. The van der Waals surface area contributed by atoms with E-state index in [0.29, 0.717) is 6.04 Å². The number of aliphatic hydroxyl groups is 1. The zero-order chi connectivity index (χ0) is 12.2. The topological polar surface area (TPSA) is 37.2 Å². The van der Waals surface area contributed by atoms with Crippen LogP contribution in [-0.4, -0.2) is 22.3 Å². The van der Waals surface area contributed by atoms with Crippen LogP contribution in [0.15, 0.2) is 18.5 Å². The van der Waals surface area contributed by atoms with E-state index in [1.54, 1.807) is 0 Å². The Bertz CT molecular complexity index is 308. The highest BCUT2D eigenvalue weighted by atomic mass is 16.3. The second-order valence-corrected chi connectivity index (χ2v) is 4.99. The van der Waals surface area contributed by atoms with Crippen molar-refractivity contribution < 1.29 is 5.11 Å². The zero-order valence-electron chi connectivity index (χ0n) is 10.8. The smallest absolute Gasteiger partial charge is 0.0608 e. The van der Waals surface area contributed by atoms with Crippen LogP contribution in [0.25, 0.3) is 0 Å². The fourth-order valence-electron chi connectivity index (χ4n) is 1.81. The maximum Gasteiger partial charge on any atom is 0.0608 e. The maximum atomic E-state index is 9.66. The van der Waals surface area contributed by atoms with E-state index in [0.717, 1.165) is 19.4 Å². The van der Waals surface area contributed by atoms with E-state index >= 15 is 0 Å². The number of rotatable bonds is 6. The summed E-state index contributed by atoms with van der Waals surface area (Å²) in [6, 6.07) is 2.58. The Labute approximate surface area is 98.5 Å². The van der Waals surface area contributed by atoms with Crippen LogP contribution in [0.2, 0.25) is 0 Å². The Morgan fingerprint density at radius 3 is 2.69 bits per heavy atom. The molecular weight excluding hydrogens is 200 g/mol. The van der Waals surface area contributed by atoms with Gasteiger partial charge >= 0.3 is 0 Å². The molecule has 3 nitrogen and oxygen atoms in total. The minimum absolute atomic E-state index is 0.434. The fourth-order valence-corrected chi connectivity index (χ4v) is 1.81. The van der Waals surface area contributed by atoms with Gasteiger partial charge in [0, 0.05) is 25.0 Å². The average Bonchev–Trinajstić information content (AvgIpc) is 2.65. The fraction of sp³-hybridized carbons (Fsp3) is 0.692. The lowest BCUT2D eigenvalue weighted by Gasteiger charge is -2.17. The Hall–Kier alpha value is -0.800. The lowest BCUT2D eigenvalue weighted by molar-refractivity contribution is 0.0662. The van der Waals surface area contributed by atoms with Gasteiger partial charge in [-0.1, -0.05) is 6.92 Å². The third kappa shape index (κ3) is 3.99. The molecule has 0 saturated carbocycles. The van der Waals surface area contributed by atoms with E-state index in [-0.39, 0.29) is 0 Å². The number of nitrogens with zero attached hydrogens (tertiary/aromatic N) is 1. The monoisotopic (exact) mass is 224 g/mol. The number of hydrogen-bond donors (Lipinski definition) is 2. The summed E-state index contributed by atoms with van der Waals surface area (Å²) in [6.45, 7) is 6.73. The third-order valence-corrected chi connectivity index (χ3v) is 2.91. The van der Waals surface area contributed by atoms with Crippen LogP contribution in [0.5, 0.6) is 0 Å². The molecule has 0 aromatic carbocycles. The minimum Gasteiger partial charge on any atom is -0.390 e. The molecule has 0 amide bonds. The summed E-state index contributed by atoms with van der Waals surface area (Å²) >= 11 is 0. The van der Waals surface area contributed by atoms with Crippen molar-refractivity contribution in [3.63, 3.8) is 0 Å². The van der Waals surface area contributed by atoms with E-state index in [4.69, 9.17) is 0 Å². The molecular formula is C13H24N2O. The van der Waals surface area contributed by atoms with E-state index in [1.807, 2.05) is 20.9 Å². The normalized spacial score (nSPS) is 14.1. The van der Waals surface area contributed by atoms with Crippen molar-refractivity contribution in [2.45, 2.75) is 51.8 Å². The van der Waals surface area contributed by atoms with E-state index in [1.165, 1.54) is 5.56 Å². The second kappa shape index (κ2) is 5.51. The van der Waals surface area contributed by atoms with Gasteiger partial charge in [0.2, 0.25) is 0 Å². The van der Waals surface area contributed by atoms with Crippen molar-refractivity contribution in [2.24, 2.45) is 0 Å². The van der Waals surface area contributed by atoms with Gasteiger partial charge in [0.25, 0.3) is 0 Å². The largest absolute Gasteiger partial charge is 0.390 e. The van der Waals surface area contributed by atoms with Crippen molar-refractivity contribution in [3.05, 3.63) is 24.0 Å². The molecule has 0 radical (unpaired) electrons. The molecule has 92 valence electrons. The van der Waals surface area contributed by atoms with Crippen LogP contribution in [0.1, 0.15) is 45.2 Å². The quantitative estimate of drug-likeness (QED) is 0.778. The number of aromatic nitrogens is 1. The standard InChI is InChI=1S/C13H24N2O/c1-5-12(14-4)11-6-8-15(10-11)9-7-13(2,3)16/h6,8,10,12,14,16H,5,7,9H2,1-4H3. The van der Waals surface area contributed by atoms with Gasteiger partial charge in [0.05, 0.1) is 5.60 Å². The first-order chi connectivity index (χ1) is 7.46. The van der Waals surface area contributed by atoms with Crippen LogP contribution in [0.4, 0.5) is 0 Å². The van der Waals surface area contributed by atoms with Crippen molar-refractivity contribution in [2.75, 3.05) is 7.05 Å². The summed E-state index contributed by atoms with van der Waals surface area (Å²) in [5.41, 5.74) is 0.734.